The highest BCUT2D eigenvalue weighted by atomic mass is 16.5. The third kappa shape index (κ3) is 4.01. The molecule has 3 rings (SSSR count). The highest BCUT2D eigenvalue weighted by molar-refractivity contribution is 6.46. The van der Waals surface area contributed by atoms with E-state index in [0.717, 1.165) is 11.1 Å². The summed E-state index contributed by atoms with van der Waals surface area (Å²) in [5.74, 6) is -0.721. The van der Waals surface area contributed by atoms with Crippen molar-refractivity contribution in [3.63, 3.8) is 0 Å². The minimum absolute atomic E-state index is 0.0270. The lowest BCUT2D eigenvalue weighted by Gasteiger charge is -2.24. The van der Waals surface area contributed by atoms with Gasteiger partial charge >= 0.3 is 0 Å². The predicted octanol–water partition coefficient (Wildman–Crippen LogP) is 4.01. The van der Waals surface area contributed by atoms with Gasteiger partial charge in [-0.2, -0.15) is 0 Å². The number of aliphatic hydroxyl groups is 1. The van der Waals surface area contributed by atoms with Crippen molar-refractivity contribution in [1.82, 2.24) is 9.88 Å². The number of ketones is 1. The van der Waals surface area contributed by atoms with Crippen LogP contribution in [0, 0.1) is 6.92 Å². The lowest BCUT2D eigenvalue weighted by molar-refractivity contribution is -0.139. The number of pyridine rings is 1. The van der Waals surface area contributed by atoms with E-state index in [4.69, 9.17) is 4.74 Å². The van der Waals surface area contributed by atoms with Crippen molar-refractivity contribution < 1.29 is 19.4 Å². The minimum Gasteiger partial charge on any atom is -0.507 e. The molecule has 1 amide bonds. The van der Waals surface area contributed by atoms with Gasteiger partial charge in [-0.1, -0.05) is 6.92 Å². The van der Waals surface area contributed by atoms with Gasteiger partial charge in [0.15, 0.2) is 0 Å². The molecule has 0 radical (unpaired) electrons. The number of aryl methyl sites for hydroxylation is 1. The second-order valence-corrected chi connectivity index (χ2v) is 7.42. The van der Waals surface area contributed by atoms with Gasteiger partial charge in [0.05, 0.1) is 17.7 Å². The Morgan fingerprint density at radius 3 is 2.48 bits per heavy atom. The van der Waals surface area contributed by atoms with Gasteiger partial charge in [-0.15, -0.1) is 0 Å². The molecule has 1 N–H and O–H groups in total. The molecule has 6 heteroatoms. The van der Waals surface area contributed by atoms with Crippen LogP contribution in [0.15, 0.2) is 48.3 Å². The zero-order chi connectivity index (χ0) is 21.1. The molecule has 2 heterocycles. The Morgan fingerprint density at radius 2 is 1.90 bits per heavy atom. The maximum Gasteiger partial charge on any atom is 0.295 e. The Labute approximate surface area is 170 Å². The summed E-state index contributed by atoms with van der Waals surface area (Å²) < 4.78 is 5.75. The number of carbonyl (C=O) groups excluding carboxylic acids is 2. The fraction of sp³-hybridized carbons (Fsp3) is 0.348. The smallest absolute Gasteiger partial charge is 0.295 e. The van der Waals surface area contributed by atoms with Gasteiger partial charge in [-0.05, 0) is 68.7 Å². The number of benzene rings is 1. The first-order valence-electron chi connectivity index (χ1n) is 9.81. The van der Waals surface area contributed by atoms with Crippen molar-refractivity contribution in [3.8, 4) is 5.75 Å². The number of nitrogens with zero attached hydrogens (tertiary/aromatic N) is 2. The van der Waals surface area contributed by atoms with Crippen LogP contribution in [0.1, 0.15) is 49.9 Å². The fourth-order valence-corrected chi connectivity index (χ4v) is 3.58. The van der Waals surface area contributed by atoms with Crippen molar-refractivity contribution in [1.29, 1.82) is 0 Å². The van der Waals surface area contributed by atoms with Gasteiger partial charge in [0.25, 0.3) is 11.7 Å². The van der Waals surface area contributed by atoms with Crippen LogP contribution in [0.3, 0.4) is 0 Å². The van der Waals surface area contributed by atoms with Crippen LogP contribution in [0.2, 0.25) is 0 Å². The SMILES string of the molecule is CCCN1C(=O)C(=O)/C(=C(\O)c2ccc(OC(C)C)c(C)c2)C1c1ccncc1. The van der Waals surface area contributed by atoms with E-state index in [1.54, 1.807) is 42.7 Å². The summed E-state index contributed by atoms with van der Waals surface area (Å²) in [5, 5.41) is 11.0. The molecule has 2 aromatic rings. The normalized spacial score (nSPS) is 18.5. The van der Waals surface area contributed by atoms with Gasteiger partial charge in [-0.25, -0.2) is 0 Å². The van der Waals surface area contributed by atoms with Crippen molar-refractivity contribution in [2.45, 2.75) is 46.3 Å². The summed E-state index contributed by atoms with van der Waals surface area (Å²) in [6.07, 6.45) is 3.96. The zero-order valence-corrected chi connectivity index (χ0v) is 17.2. The molecule has 1 fully saturated rings. The van der Waals surface area contributed by atoms with Gasteiger partial charge in [0, 0.05) is 24.5 Å². The van der Waals surface area contributed by atoms with Gasteiger partial charge in [0.2, 0.25) is 0 Å². The highest BCUT2D eigenvalue weighted by Crippen LogP contribution is 2.39. The molecule has 0 bridgehead atoms. The molecule has 0 aliphatic carbocycles. The average Bonchev–Trinajstić information content (AvgIpc) is 2.94. The highest BCUT2D eigenvalue weighted by Gasteiger charge is 2.45. The molecule has 1 aromatic heterocycles. The predicted molar refractivity (Wildman–Crippen MR) is 110 cm³/mol. The lowest BCUT2D eigenvalue weighted by Crippen LogP contribution is -2.30. The summed E-state index contributed by atoms with van der Waals surface area (Å²) in [6, 6.07) is 8.13. The molecule has 0 saturated carbocycles. The molecule has 1 aliphatic rings. The van der Waals surface area contributed by atoms with Crippen molar-refractivity contribution in [3.05, 3.63) is 65.0 Å². The first-order valence-corrected chi connectivity index (χ1v) is 9.81. The van der Waals surface area contributed by atoms with Crippen LogP contribution in [0.25, 0.3) is 5.76 Å². The zero-order valence-electron chi connectivity index (χ0n) is 17.2. The second kappa shape index (κ2) is 8.47. The first-order chi connectivity index (χ1) is 13.8. The van der Waals surface area contributed by atoms with Gasteiger partial charge in [0.1, 0.15) is 11.5 Å². The van der Waals surface area contributed by atoms with E-state index in [2.05, 4.69) is 4.98 Å². The van der Waals surface area contributed by atoms with Crippen LogP contribution < -0.4 is 4.74 Å². The molecule has 1 aromatic carbocycles. The molecule has 29 heavy (non-hydrogen) atoms. The van der Waals surface area contributed by atoms with Crippen molar-refractivity contribution in [2.24, 2.45) is 0 Å². The van der Waals surface area contributed by atoms with E-state index >= 15 is 0 Å². The topological polar surface area (TPSA) is 79.7 Å². The van der Waals surface area contributed by atoms with Gasteiger partial charge < -0.3 is 14.7 Å². The van der Waals surface area contributed by atoms with E-state index < -0.39 is 17.7 Å². The molecule has 1 aliphatic heterocycles. The van der Waals surface area contributed by atoms with E-state index in [-0.39, 0.29) is 17.4 Å². The number of aromatic nitrogens is 1. The number of rotatable bonds is 6. The van der Waals surface area contributed by atoms with E-state index in [0.29, 0.717) is 24.3 Å². The quantitative estimate of drug-likeness (QED) is 0.455. The monoisotopic (exact) mass is 394 g/mol. The molecular formula is C23H26N2O4. The molecule has 1 unspecified atom stereocenters. The van der Waals surface area contributed by atoms with Crippen LogP contribution in [-0.4, -0.2) is 39.3 Å². The standard InChI is InChI=1S/C23H26N2O4/c1-5-12-25-20(16-8-10-24-11-9-16)19(22(27)23(25)28)21(26)17-6-7-18(15(4)13-17)29-14(2)3/h6-11,13-14,20,26H,5,12H2,1-4H3/b21-19-. The second-order valence-electron chi connectivity index (χ2n) is 7.42. The summed E-state index contributed by atoms with van der Waals surface area (Å²) in [6.45, 7) is 8.13. The van der Waals surface area contributed by atoms with E-state index in [1.807, 2.05) is 27.7 Å². The summed E-state index contributed by atoms with van der Waals surface area (Å²) in [4.78, 5) is 31.0. The fourth-order valence-electron chi connectivity index (χ4n) is 3.58. The third-order valence-corrected chi connectivity index (χ3v) is 4.84. The largest absolute Gasteiger partial charge is 0.507 e. The number of hydrogen-bond acceptors (Lipinski definition) is 5. The molecular weight excluding hydrogens is 368 g/mol. The Morgan fingerprint density at radius 1 is 1.21 bits per heavy atom. The number of likely N-dealkylation sites (tertiary alicyclic amines) is 1. The number of carbonyl (C=O) groups is 2. The molecule has 6 nitrogen and oxygen atoms in total. The van der Waals surface area contributed by atoms with E-state index in [1.165, 1.54) is 4.90 Å². The Balaban J connectivity index is 2.12. The Bertz CT molecular complexity index is 951. The molecule has 0 spiro atoms. The minimum atomic E-state index is -0.669. The molecule has 1 saturated heterocycles. The molecule has 152 valence electrons. The maximum atomic E-state index is 12.8. The summed E-state index contributed by atoms with van der Waals surface area (Å²) in [5.41, 5.74) is 2.16. The molecule has 1 atom stereocenters. The van der Waals surface area contributed by atoms with Crippen LogP contribution in [0.4, 0.5) is 0 Å². The van der Waals surface area contributed by atoms with Crippen LogP contribution in [0.5, 0.6) is 5.75 Å². The number of ether oxygens (including phenoxy) is 1. The van der Waals surface area contributed by atoms with Crippen molar-refractivity contribution >= 4 is 17.4 Å². The average molecular weight is 394 g/mol. The van der Waals surface area contributed by atoms with Gasteiger partial charge in [-0.3, -0.25) is 14.6 Å². The first kappa shape index (κ1) is 20.6. The van der Waals surface area contributed by atoms with Crippen LogP contribution in [-0.2, 0) is 9.59 Å². The maximum absolute atomic E-state index is 12.8. The van der Waals surface area contributed by atoms with E-state index in [9.17, 15) is 14.7 Å². The number of Topliss-reactive ketones (excluding diaryl/α,β-unsaturated/α-hetero) is 1. The Hall–Kier alpha value is -3.15. The summed E-state index contributed by atoms with van der Waals surface area (Å²) in [7, 11) is 0. The van der Waals surface area contributed by atoms with Crippen LogP contribution >= 0.6 is 0 Å². The summed E-state index contributed by atoms with van der Waals surface area (Å²) >= 11 is 0. The Kier molecular flexibility index (Phi) is 6.01. The lowest BCUT2D eigenvalue weighted by atomic mass is 9.95. The number of aliphatic hydroxyl groups excluding tert-OH is 1. The number of hydrogen-bond donors (Lipinski definition) is 1. The third-order valence-electron chi connectivity index (χ3n) is 4.84. The van der Waals surface area contributed by atoms with Crippen molar-refractivity contribution in [2.75, 3.05) is 6.54 Å². The number of amides is 1.